The number of carbonyl (C=O) groups is 1. The van der Waals surface area contributed by atoms with Crippen molar-refractivity contribution in [1.82, 2.24) is 4.98 Å². The molecule has 0 aliphatic carbocycles. The van der Waals surface area contributed by atoms with E-state index in [1.165, 1.54) is 0 Å². The molecule has 100 valence electrons. The maximum Gasteiger partial charge on any atom is 0.222 e. The first-order chi connectivity index (χ1) is 9.69. The molecule has 1 amide bonds. The number of pyridine rings is 1. The average Bonchev–Trinajstić information content (AvgIpc) is 2.95. The molecule has 5 heteroatoms. The van der Waals surface area contributed by atoms with Gasteiger partial charge in [-0.15, -0.1) is 0 Å². The molecule has 1 atom stereocenters. The van der Waals surface area contributed by atoms with Gasteiger partial charge < -0.3 is 10.6 Å². The predicted molar refractivity (Wildman–Crippen MR) is 76.0 cm³/mol. The van der Waals surface area contributed by atoms with Gasteiger partial charge in [0.2, 0.25) is 5.91 Å². The minimum atomic E-state index is -0.285. The second kappa shape index (κ2) is 4.82. The van der Waals surface area contributed by atoms with Crippen LogP contribution in [0.5, 0.6) is 0 Å². The summed E-state index contributed by atoms with van der Waals surface area (Å²) in [4.78, 5) is 17.8. The Morgan fingerprint density at radius 2 is 2.25 bits per heavy atom. The largest absolute Gasteiger partial charge is 0.369 e. The number of para-hydroxylation sites is 1. The predicted octanol–water partition coefficient (Wildman–Crippen LogP) is 1.42. The van der Waals surface area contributed by atoms with Gasteiger partial charge in [0.15, 0.2) is 0 Å². The van der Waals surface area contributed by atoms with E-state index in [1.807, 2.05) is 35.2 Å². The molecule has 2 N–H and O–H groups in total. The Bertz CT molecular complexity index is 719. The van der Waals surface area contributed by atoms with Crippen molar-refractivity contribution in [3.63, 3.8) is 0 Å². The van der Waals surface area contributed by atoms with E-state index in [0.29, 0.717) is 30.9 Å². The molecule has 1 aliphatic rings. The maximum absolute atomic E-state index is 11.3. The Labute approximate surface area is 116 Å². The van der Waals surface area contributed by atoms with E-state index in [-0.39, 0.29) is 11.8 Å². The molecule has 1 aromatic heterocycles. The number of aromatic nitrogens is 1. The highest BCUT2D eigenvalue weighted by Gasteiger charge is 2.28. The summed E-state index contributed by atoms with van der Waals surface area (Å²) in [6.07, 6.45) is 0.717. The topological polar surface area (TPSA) is 83.0 Å². The van der Waals surface area contributed by atoms with Gasteiger partial charge in [0.1, 0.15) is 11.9 Å². The zero-order valence-corrected chi connectivity index (χ0v) is 10.9. The van der Waals surface area contributed by atoms with Gasteiger partial charge in [-0.05, 0) is 18.6 Å². The fourth-order valence-corrected chi connectivity index (χ4v) is 2.61. The third kappa shape index (κ3) is 2.05. The zero-order chi connectivity index (χ0) is 14.1. The van der Waals surface area contributed by atoms with Crippen LogP contribution in [0.25, 0.3) is 10.9 Å². The lowest BCUT2D eigenvalue weighted by molar-refractivity contribution is -0.121. The van der Waals surface area contributed by atoms with Crippen molar-refractivity contribution in [2.24, 2.45) is 11.7 Å². The normalized spacial score (nSPS) is 18.1. The minimum absolute atomic E-state index is 0.158. The van der Waals surface area contributed by atoms with E-state index in [1.54, 1.807) is 0 Å². The highest BCUT2D eigenvalue weighted by Crippen LogP contribution is 2.27. The van der Waals surface area contributed by atoms with Crippen molar-refractivity contribution in [2.45, 2.75) is 6.42 Å². The molecule has 0 spiro atoms. The number of hydrogen-bond donors (Lipinski definition) is 1. The molecule has 0 radical (unpaired) electrons. The fraction of sp³-hybridized carbons (Fsp3) is 0.267. The van der Waals surface area contributed by atoms with Crippen molar-refractivity contribution < 1.29 is 4.79 Å². The number of anilines is 1. The molecule has 1 aromatic carbocycles. The van der Waals surface area contributed by atoms with Crippen LogP contribution in [0.3, 0.4) is 0 Å². The van der Waals surface area contributed by atoms with Crippen LogP contribution in [0.2, 0.25) is 0 Å². The molecule has 2 aromatic rings. The van der Waals surface area contributed by atoms with Crippen molar-refractivity contribution in [1.29, 1.82) is 5.26 Å². The van der Waals surface area contributed by atoms with Crippen molar-refractivity contribution in [3.8, 4) is 6.07 Å². The number of carbonyl (C=O) groups excluding carboxylic acids is 1. The van der Waals surface area contributed by atoms with E-state index in [4.69, 9.17) is 5.73 Å². The lowest BCUT2D eigenvalue weighted by Gasteiger charge is -2.18. The molecule has 5 nitrogen and oxygen atoms in total. The quantitative estimate of drug-likeness (QED) is 0.891. The summed E-state index contributed by atoms with van der Waals surface area (Å²) in [7, 11) is 0. The van der Waals surface area contributed by atoms with Crippen LogP contribution in [0.4, 0.5) is 5.82 Å². The van der Waals surface area contributed by atoms with Gasteiger partial charge in [-0.25, -0.2) is 4.98 Å². The van der Waals surface area contributed by atoms with E-state index >= 15 is 0 Å². The second-order valence-corrected chi connectivity index (χ2v) is 5.00. The molecule has 1 fully saturated rings. The van der Waals surface area contributed by atoms with Gasteiger partial charge in [-0.3, -0.25) is 4.79 Å². The average molecular weight is 266 g/mol. The Morgan fingerprint density at radius 1 is 1.45 bits per heavy atom. The van der Waals surface area contributed by atoms with Gasteiger partial charge in [0, 0.05) is 18.5 Å². The summed E-state index contributed by atoms with van der Waals surface area (Å²) in [6.45, 7) is 1.24. The van der Waals surface area contributed by atoms with Crippen LogP contribution in [0.1, 0.15) is 12.0 Å². The number of nitrogens with zero attached hydrogens (tertiary/aromatic N) is 3. The Balaban J connectivity index is 2.03. The van der Waals surface area contributed by atoms with Gasteiger partial charge >= 0.3 is 0 Å². The summed E-state index contributed by atoms with van der Waals surface area (Å²) in [5.74, 6) is 0.205. The first-order valence-electron chi connectivity index (χ1n) is 6.53. The van der Waals surface area contributed by atoms with Crippen molar-refractivity contribution in [2.75, 3.05) is 18.0 Å². The van der Waals surface area contributed by atoms with Crippen LogP contribution in [-0.4, -0.2) is 24.0 Å². The first-order valence-corrected chi connectivity index (χ1v) is 6.53. The Hall–Kier alpha value is -2.61. The van der Waals surface area contributed by atoms with Crippen molar-refractivity contribution in [3.05, 3.63) is 35.9 Å². The van der Waals surface area contributed by atoms with Gasteiger partial charge in [-0.2, -0.15) is 5.26 Å². The third-order valence-electron chi connectivity index (χ3n) is 3.71. The number of benzene rings is 1. The number of rotatable bonds is 2. The van der Waals surface area contributed by atoms with E-state index in [9.17, 15) is 10.1 Å². The lowest BCUT2D eigenvalue weighted by atomic mass is 10.1. The number of amides is 1. The standard InChI is InChI=1S/C15H14N4O/c16-8-12-7-10-3-1-2-4-13(10)18-15(12)19-6-5-11(9-19)14(17)20/h1-4,7,11H,5-6,9H2,(H2,17,20). The van der Waals surface area contributed by atoms with Crippen LogP contribution in [-0.2, 0) is 4.79 Å². The maximum atomic E-state index is 11.3. The minimum Gasteiger partial charge on any atom is -0.369 e. The molecule has 1 aliphatic heterocycles. The van der Waals surface area contributed by atoms with Gasteiger partial charge in [-0.1, -0.05) is 18.2 Å². The lowest BCUT2D eigenvalue weighted by Crippen LogP contribution is -2.28. The van der Waals surface area contributed by atoms with Crippen LogP contribution >= 0.6 is 0 Å². The molecule has 2 heterocycles. The van der Waals surface area contributed by atoms with Crippen LogP contribution < -0.4 is 10.6 Å². The Kier molecular flexibility index (Phi) is 2.99. The molecule has 1 saturated heterocycles. The summed E-state index contributed by atoms with van der Waals surface area (Å²) >= 11 is 0. The number of hydrogen-bond acceptors (Lipinski definition) is 4. The van der Waals surface area contributed by atoms with Crippen LogP contribution in [0, 0.1) is 17.2 Å². The molecule has 20 heavy (non-hydrogen) atoms. The monoisotopic (exact) mass is 266 g/mol. The van der Waals surface area contributed by atoms with Crippen LogP contribution in [0.15, 0.2) is 30.3 Å². The zero-order valence-electron chi connectivity index (χ0n) is 10.9. The molecule has 0 saturated carbocycles. The number of nitrogens with two attached hydrogens (primary N) is 1. The highest BCUT2D eigenvalue weighted by molar-refractivity contribution is 5.83. The number of nitriles is 1. The van der Waals surface area contributed by atoms with E-state index < -0.39 is 0 Å². The van der Waals surface area contributed by atoms with E-state index in [2.05, 4.69) is 11.1 Å². The molecule has 0 bridgehead atoms. The summed E-state index contributed by atoms with van der Waals surface area (Å²) in [5, 5.41) is 10.2. The summed E-state index contributed by atoms with van der Waals surface area (Å²) < 4.78 is 0. The van der Waals surface area contributed by atoms with Gasteiger partial charge in [0.25, 0.3) is 0 Å². The molecule has 3 rings (SSSR count). The molecule has 1 unspecified atom stereocenters. The first kappa shape index (κ1) is 12.4. The highest BCUT2D eigenvalue weighted by atomic mass is 16.1. The molecular weight excluding hydrogens is 252 g/mol. The number of primary amides is 1. The number of fused-ring (bicyclic) bond motifs is 1. The second-order valence-electron chi connectivity index (χ2n) is 5.00. The van der Waals surface area contributed by atoms with Gasteiger partial charge in [0.05, 0.1) is 17.0 Å². The van der Waals surface area contributed by atoms with E-state index in [0.717, 1.165) is 10.9 Å². The summed E-state index contributed by atoms with van der Waals surface area (Å²) in [6, 6.07) is 11.7. The smallest absolute Gasteiger partial charge is 0.222 e. The summed E-state index contributed by atoms with van der Waals surface area (Å²) in [5.41, 5.74) is 6.74. The Morgan fingerprint density at radius 3 is 2.95 bits per heavy atom. The van der Waals surface area contributed by atoms with Crippen molar-refractivity contribution >= 4 is 22.6 Å². The third-order valence-corrected chi connectivity index (χ3v) is 3.71. The SMILES string of the molecule is N#Cc1cc2ccccc2nc1N1CCC(C(N)=O)C1. The fourth-order valence-electron chi connectivity index (χ4n) is 2.61. The molecular formula is C15H14N4O.